The van der Waals surface area contributed by atoms with Gasteiger partial charge in [-0.3, -0.25) is 4.57 Å². The van der Waals surface area contributed by atoms with Crippen LogP contribution in [-0.4, -0.2) is 44.5 Å². The molecule has 0 fully saturated rings. The molecule has 0 heterocycles. The normalized spacial score (nSPS) is 15.6. The van der Waals surface area contributed by atoms with Gasteiger partial charge in [0, 0.05) is 13.3 Å². The smallest absolute Gasteiger partial charge is 0.375 e. The van der Waals surface area contributed by atoms with Crippen molar-refractivity contribution in [2.75, 3.05) is 26.5 Å². The summed E-state index contributed by atoms with van der Waals surface area (Å²) in [6, 6.07) is 0. The fraction of sp³-hybridized carbons (Fsp3) is 1.00. The van der Waals surface area contributed by atoms with E-state index in [2.05, 4.69) is 9.26 Å². The molecule has 0 aliphatic heterocycles. The third kappa shape index (κ3) is 5.66. The molecular weight excluding hydrogens is 308 g/mol. The molecule has 1 unspecified atom stereocenters. The molecule has 0 saturated heterocycles. The van der Waals surface area contributed by atoms with E-state index in [4.69, 9.17) is 0 Å². The van der Waals surface area contributed by atoms with Gasteiger partial charge >= 0.3 is 18.0 Å². The van der Waals surface area contributed by atoms with Crippen LogP contribution in [0.1, 0.15) is 6.42 Å². The first-order valence-corrected chi connectivity index (χ1v) is 6.77. The van der Waals surface area contributed by atoms with E-state index in [-0.39, 0.29) is 13.0 Å². The Morgan fingerprint density at radius 2 is 1.53 bits per heavy atom. The molecule has 0 aliphatic carbocycles. The third-order valence-corrected chi connectivity index (χ3v) is 2.45. The summed E-state index contributed by atoms with van der Waals surface area (Å²) in [5, 5.41) is 0. The topological polar surface area (TPSA) is 35.5 Å². The molecule has 0 amide bonds. The summed E-state index contributed by atoms with van der Waals surface area (Å²) >= 11 is 0. The van der Waals surface area contributed by atoms with Crippen molar-refractivity contribution in [2.45, 2.75) is 24.4 Å². The summed E-state index contributed by atoms with van der Waals surface area (Å²) in [7, 11) is -2.21. The van der Waals surface area contributed by atoms with Crippen molar-refractivity contribution in [2.24, 2.45) is 0 Å². The monoisotopic (exact) mass is 320 g/mol. The van der Waals surface area contributed by atoms with Crippen molar-refractivity contribution in [3.8, 4) is 0 Å². The van der Waals surface area contributed by atoms with E-state index in [9.17, 15) is 35.3 Å². The summed E-state index contributed by atoms with van der Waals surface area (Å²) in [5.74, 6) is -11.5. The SMILES string of the molecule is C[PH](=O)OCCCOCC(F)(F)C(F)(F)C(F)(F)F. The Bertz CT molecular complexity index is 305. The van der Waals surface area contributed by atoms with E-state index in [1.807, 2.05) is 0 Å². The zero-order valence-electron chi connectivity index (χ0n) is 9.70. The molecule has 0 aromatic carbocycles. The van der Waals surface area contributed by atoms with Crippen LogP contribution in [0, 0.1) is 0 Å². The number of ether oxygens (including phenoxy) is 1. The molecule has 0 N–H and O–H groups in total. The lowest BCUT2D eigenvalue weighted by atomic mass is 10.2. The Labute approximate surface area is 104 Å². The number of halogens is 7. The van der Waals surface area contributed by atoms with E-state index in [1.165, 1.54) is 6.66 Å². The quantitative estimate of drug-likeness (QED) is 0.391. The standard InChI is InChI=1S/C8H12F7O3P/c1-19(16)18-4-2-3-17-5-6(9,10)7(11,12)8(13,14)15/h19H,2-5H2,1H3. The second-order valence-corrected chi connectivity index (χ2v) is 4.79. The molecule has 0 spiro atoms. The van der Waals surface area contributed by atoms with Gasteiger partial charge in [-0.05, 0) is 6.42 Å². The largest absolute Gasteiger partial charge is 0.459 e. The highest BCUT2D eigenvalue weighted by molar-refractivity contribution is 7.38. The number of alkyl halides is 7. The van der Waals surface area contributed by atoms with Crippen molar-refractivity contribution in [1.29, 1.82) is 0 Å². The molecule has 0 saturated carbocycles. The fourth-order valence-electron chi connectivity index (χ4n) is 0.875. The maximum absolute atomic E-state index is 12.7. The molecule has 19 heavy (non-hydrogen) atoms. The molecule has 0 aliphatic rings. The summed E-state index contributed by atoms with van der Waals surface area (Å²) in [4.78, 5) is 0. The number of rotatable bonds is 8. The van der Waals surface area contributed by atoms with Crippen LogP contribution >= 0.6 is 8.03 Å². The van der Waals surface area contributed by atoms with Gasteiger partial charge in [-0.15, -0.1) is 0 Å². The first kappa shape index (κ1) is 18.7. The molecule has 0 aromatic rings. The molecule has 0 bridgehead atoms. The zero-order chi connectivity index (χ0) is 15.3. The van der Waals surface area contributed by atoms with Crippen LogP contribution in [0.4, 0.5) is 30.7 Å². The van der Waals surface area contributed by atoms with Gasteiger partial charge in [-0.25, -0.2) is 0 Å². The molecule has 0 radical (unpaired) electrons. The molecule has 3 nitrogen and oxygen atoms in total. The maximum Gasteiger partial charge on any atom is 0.459 e. The molecular formula is C8H12F7O3P. The average Bonchev–Trinajstić information content (AvgIpc) is 2.20. The lowest BCUT2D eigenvalue weighted by molar-refractivity contribution is -0.361. The van der Waals surface area contributed by atoms with Crippen LogP contribution in [0.5, 0.6) is 0 Å². The highest BCUT2D eigenvalue weighted by Gasteiger charge is 2.72. The highest BCUT2D eigenvalue weighted by atomic mass is 31.1. The van der Waals surface area contributed by atoms with E-state index >= 15 is 0 Å². The Kier molecular flexibility index (Phi) is 6.77. The van der Waals surface area contributed by atoms with Crippen LogP contribution in [0.3, 0.4) is 0 Å². The van der Waals surface area contributed by atoms with Gasteiger partial charge in [0.25, 0.3) is 0 Å². The molecule has 0 aromatic heterocycles. The van der Waals surface area contributed by atoms with Gasteiger partial charge in [-0.2, -0.15) is 30.7 Å². The third-order valence-electron chi connectivity index (χ3n) is 1.84. The van der Waals surface area contributed by atoms with Crippen molar-refractivity contribution < 1.29 is 44.6 Å². The first-order valence-electron chi connectivity index (χ1n) is 4.95. The van der Waals surface area contributed by atoms with Crippen LogP contribution in [0.2, 0.25) is 0 Å². The lowest BCUT2D eigenvalue weighted by Crippen LogP contribution is -2.54. The molecule has 1 atom stereocenters. The van der Waals surface area contributed by atoms with Gasteiger partial charge in [0.05, 0.1) is 6.61 Å². The lowest BCUT2D eigenvalue weighted by Gasteiger charge is -2.27. The minimum Gasteiger partial charge on any atom is -0.375 e. The van der Waals surface area contributed by atoms with Gasteiger partial charge in [0.15, 0.2) is 8.03 Å². The van der Waals surface area contributed by atoms with Gasteiger partial charge < -0.3 is 9.26 Å². The van der Waals surface area contributed by atoms with Crippen molar-refractivity contribution in [1.82, 2.24) is 0 Å². The Morgan fingerprint density at radius 1 is 1.00 bits per heavy atom. The number of hydrogen-bond acceptors (Lipinski definition) is 3. The Morgan fingerprint density at radius 3 is 1.95 bits per heavy atom. The minimum atomic E-state index is -6.36. The Hall–Kier alpha value is -0.340. The second kappa shape index (κ2) is 6.90. The zero-order valence-corrected chi connectivity index (χ0v) is 10.7. The summed E-state index contributed by atoms with van der Waals surface area (Å²) < 4.78 is 104. The van der Waals surface area contributed by atoms with Crippen LogP contribution < -0.4 is 0 Å². The van der Waals surface area contributed by atoms with Gasteiger partial charge in [0.2, 0.25) is 0 Å². The molecule has 116 valence electrons. The van der Waals surface area contributed by atoms with Crippen molar-refractivity contribution in [3.05, 3.63) is 0 Å². The van der Waals surface area contributed by atoms with Gasteiger partial charge in [0.1, 0.15) is 6.61 Å². The van der Waals surface area contributed by atoms with E-state index in [0.717, 1.165) is 0 Å². The summed E-state index contributed by atoms with van der Waals surface area (Å²) in [6.45, 7) is -1.45. The fourth-order valence-corrected chi connectivity index (χ4v) is 1.31. The average molecular weight is 320 g/mol. The van der Waals surface area contributed by atoms with E-state index in [0.29, 0.717) is 0 Å². The number of hydrogen-bond donors (Lipinski definition) is 0. The molecule has 0 rings (SSSR count). The maximum atomic E-state index is 12.7. The highest BCUT2D eigenvalue weighted by Crippen LogP contribution is 2.46. The second-order valence-electron chi connectivity index (χ2n) is 3.52. The predicted octanol–water partition coefficient (Wildman–Crippen LogP) is 3.35. The Balaban J connectivity index is 4.14. The van der Waals surface area contributed by atoms with Crippen molar-refractivity contribution >= 4 is 8.03 Å². The first-order chi connectivity index (χ1) is 8.42. The van der Waals surface area contributed by atoms with Crippen LogP contribution in [-0.2, 0) is 13.8 Å². The minimum absolute atomic E-state index is 0.0576. The van der Waals surface area contributed by atoms with E-state index < -0.39 is 39.3 Å². The summed E-state index contributed by atoms with van der Waals surface area (Å²) in [5.41, 5.74) is 0. The molecule has 11 heteroatoms. The van der Waals surface area contributed by atoms with Crippen LogP contribution in [0.25, 0.3) is 0 Å². The van der Waals surface area contributed by atoms with Crippen molar-refractivity contribution in [3.63, 3.8) is 0 Å². The summed E-state index contributed by atoms with van der Waals surface area (Å²) in [6.07, 6.45) is -6.41. The predicted molar refractivity (Wildman–Crippen MR) is 52.3 cm³/mol. The van der Waals surface area contributed by atoms with Crippen LogP contribution in [0.15, 0.2) is 0 Å². The van der Waals surface area contributed by atoms with Gasteiger partial charge in [-0.1, -0.05) is 0 Å². The van der Waals surface area contributed by atoms with E-state index in [1.54, 1.807) is 0 Å².